The Kier molecular flexibility index (Phi) is 5.92. The lowest BCUT2D eigenvalue weighted by Crippen LogP contribution is -2.28. The fraction of sp³-hybridized carbons (Fsp3) is 0.207. The van der Waals surface area contributed by atoms with Crippen molar-refractivity contribution in [1.29, 1.82) is 0 Å². The van der Waals surface area contributed by atoms with Crippen LogP contribution in [0.15, 0.2) is 72.8 Å². The zero-order valence-electron chi connectivity index (χ0n) is 20.2. The van der Waals surface area contributed by atoms with E-state index < -0.39 is 0 Å². The summed E-state index contributed by atoms with van der Waals surface area (Å²) >= 11 is 0. The fourth-order valence-electron chi connectivity index (χ4n) is 4.72. The van der Waals surface area contributed by atoms with E-state index in [1.807, 2.05) is 30.3 Å². The number of carbonyl (C=O) groups is 2. The molecular formula is C29H27FN4O2. The van der Waals surface area contributed by atoms with E-state index in [0.29, 0.717) is 41.0 Å². The molecule has 0 aliphatic heterocycles. The number of nitrogen functional groups attached to an aromatic ring is 1. The molecule has 7 heteroatoms. The maximum Gasteiger partial charge on any atom is 0.251 e. The average molecular weight is 483 g/mol. The van der Waals surface area contributed by atoms with Gasteiger partial charge < -0.3 is 11.1 Å². The molecule has 6 nitrogen and oxygen atoms in total. The van der Waals surface area contributed by atoms with E-state index in [-0.39, 0.29) is 29.5 Å². The molecule has 0 saturated heterocycles. The maximum atomic E-state index is 13.2. The molecule has 0 saturated carbocycles. The monoisotopic (exact) mass is 482 g/mol. The second kappa shape index (κ2) is 9.07. The number of fused-ring (bicyclic) bond motifs is 1. The first-order valence-electron chi connectivity index (χ1n) is 11.8. The molecule has 0 spiro atoms. The smallest absolute Gasteiger partial charge is 0.251 e. The Balaban J connectivity index is 1.49. The van der Waals surface area contributed by atoms with Gasteiger partial charge in [0.25, 0.3) is 5.91 Å². The van der Waals surface area contributed by atoms with Gasteiger partial charge in [0, 0.05) is 24.1 Å². The summed E-state index contributed by atoms with van der Waals surface area (Å²) in [5.74, 6) is -0.544. The molecule has 0 unspecified atom stereocenters. The van der Waals surface area contributed by atoms with Crippen LogP contribution in [0.1, 0.15) is 52.2 Å². The zero-order chi connectivity index (χ0) is 25.4. The normalized spacial score (nSPS) is 14.4. The number of aromatic nitrogens is 2. The minimum atomic E-state index is -0.324. The Bertz CT molecular complexity index is 1460. The minimum Gasteiger partial charge on any atom is -0.397 e. The van der Waals surface area contributed by atoms with Crippen molar-refractivity contribution in [3.05, 3.63) is 101 Å². The molecule has 1 heterocycles. The number of anilines is 1. The van der Waals surface area contributed by atoms with E-state index in [1.165, 1.54) is 12.1 Å². The van der Waals surface area contributed by atoms with Gasteiger partial charge in [-0.15, -0.1) is 0 Å². The average Bonchev–Trinajstić information content (AvgIpc) is 3.22. The van der Waals surface area contributed by atoms with Crippen molar-refractivity contribution in [1.82, 2.24) is 15.1 Å². The van der Waals surface area contributed by atoms with Crippen LogP contribution in [0.3, 0.4) is 0 Å². The number of carbonyl (C=O) groups excluding carboxylic acids is 2. The van der Waals surface area contributed by atoms with E-state index in [0.717, 1.165) is 16.8 Å². The van der Waals surface area contributed by atoms with E-state index in [2.05, 4.69) is 19.2 Å². The number of amides is 1. The topological polar surface area (TPSA) is 90.0 Å². The molecule has 3 aromatic carbocycles. The number of nitrogens with two attached hydrogens (primary N) is 1. The highest BCUT2D eigenvalue weighted by Crippen LogP contribution is 2.40. The summed E-state index contributed by atoms with van der Waals surface area (Å²) in [4.78, 5) is 25.9. The van der Waals surface area contributed by atoms with Gasteiger partial charge in [-0.2, -0.15) is 5.10 Å². The van der Waals surface area contributed by atoms with Crippen molar-refractivity contribution in [2.45, 2.75) is 33.2 Å². The van der Waals surface area contributed by atoms with Crippen LogP contribution in [0.4, 0.5) is 10.1 Å². The second-order valence-electron chi connectivity index (χ2n) is 9.97. The second-order valence-corrected chi connectivity index (χ2v) is 9.97. The summed E-state index contributed by atoms with van der Waals surface area (Å²) in [7, 11) is 0. The number of hydrogen-bond acceptors (Lipinski definition) is 4. The molecule has 182 valence electrons. The van der Waals surface area contributed by atoms with Gasteiger partial charge in [-0.05, 0) is 47.7 Å². The summed E-state index contributed by atoms with van der Waals surface area (Å²) in [6.07, 6.45) is 1.13. The van der Waals surface area contributed by atoms with Crippen LogP contribution in [0.2, 0.25) is 0 Å². The lowest BCUT2D eigenvalue weighted by Gasteiger charge is -2.29. The molecule has 0 atom stereocenters. The molecule has 1 amide bonds. The van der Waals surface area contributed by atoms with Crippen LogP contribution >= 0.6 is 0 Å². The molecule has 0 radical (unpaired) electrons. The van der Waals surface area contributed by atoms with E-state index in [4.69, 9.17) is 10.8 Å². The van der Waals surface area contributed by atoms with E-state index >= 15 is 0 Å². The molecule has 5 rings (SSSR count). The first-order valence-corrected chi connectivity index (χ1v) is 11.8. The van der Waals surface area contributed by atoms with E-state index in [1.54, 1.807) is 35.0 Å². The van der Waals surface area contributed by atoms with Gasteiger partial charge in [0.2, 0.25) is 0 Å². The summed E-state index contributed by atoms with van der Waals surface area (Å²) < 4.78 is 14.9. The Morgan fingerprint density at radius 2 is 1.78 bits per heavy atom. The van der Waals surface area contributed by atoms with Crippen LogP contribution in [0.5, 0.6) is 0 Å². The van der Waals surface area contributed by atoms with Gasteiger partial charge >= 0.3 is 0 Å². The lowest BCUT2D eigenvalue weighted by atomic mass is 9.75. The van der Waals surface area contributed by atoms with Crippen LogP contribution in [0, 0.1) is 11.2 Å². The third-order valence-corrected chi connectivity index (χ3v) is 6.48. The first-order chi connectivity index (χ1) is 17.2. The molecule has 0 fully saturated rings. The highest BCUT2D eigenvalue weighted by Gasteiger charge is 2.37. The van der Waals surface area contributed by atoms with Crippen LogP contribution in [-0.4, -0.2) is 21.5 Å². The number of nitrogens with one attached hydrogen (secondary N) is 1. The number of hydrogen-bond donors (Lipinski definition) is 2. The summed E-state index contributed by atoms with van der Waals surface area (Å²) in [5, 5.41) is 7.68. The first kappa shape index (κ1) is 23.5. The van der Waals surface area contributed by atoms with Gasteiger partial charge in [0.05, 0.1) is 22.6 Å². The third kappa shape index (κ3) is 4.52. The van der Waals surface area contributed by atoms with Crippen molar-refractivity contribution >= 4 is 17.4 Å². The summed E-state index contributed by atoms with van der Waals surface area (Å²) in [6, 6.07) is 20.7. The fourth-order valence-corrected chi connectivity index (χ4v) is 4.72. The SMILES string of the molecule is CC1(C)CC(=O)c2c(-c3ccccc3)nn(-c3ccc(C(=O)NCc4ccc(F)cc4)cc3N)c2C1. The van der Waals surface area contributed by atoms with Gasteiger partial charge in [-0.3, -0.25) is 9.59 Å². The minimum absolute atomic E-state index is 0.0710. The number of halogens is 1. The zero-order valence-corrected chi connectivity index (χ0v) is 20.2. The molecule has 0 bridgehead atoms. The van der Waals surface area contributed by atoms with Crippen molar-refractivity contribution in [3.8, 4) is 16.9 Å². The third-order valence-electron chi connectivity index (χ3n) is 6.48. The van der Waals surface area contributed by atoms with Gasteiger partial charge in [0.1, 0.15) is 11.5 Å². The Labute approximate surface area is 209 Å². The van der Waals surface area contributed by atoms with Crippen molar-refractivity contribution in [3.63, 3.8) is 0 Å². The number of benzene rings is 3. The number of Topliss-reactive ketones (excluding diaryl/α,β-unsaturated/α-hetero) is 1. The van der Waals surface area contributed by atoms with Crippen molar-refractivity contribution in [2.75, 3.05) is 5.73 Å². The summed E-state index contributed by atoms with van der Waals surface area (Å²) in [5.41, 5.74) is 11.4. The standard InChI is InChI=1S/C29H27FN4O2/c1-29(2)15-24-26(25(35)16-29)27(19-6-4-3-5-7-19)33-34(24)23-13-10-20(14-22(23)31)28(36)32-17-18-8-11-21(30)12-9-18/h3-14H,15-17,31H2,1-2H3,(H,32,36). The van der Waals surface area contributed by atoms with Gasteiger partial charge in [-0.1, -0.05) is 56.3 Å². The van der Waals surface area contributed by atoms with E-state index in [9.17, 15) is 14.0 Å². The predicted molar refractivity (Wildman–Crippen MR) is 137 cm³/mol. The lowest BCUT2D eigenvalue weighted by molar-refractivity contribution is 0.0910. The maximum absolute atomic E-state index is 13.2. The van der Waals surface area contributed by atoms with Gasteiger partial charge in [-0.25, -0.2) is 9.07 Å². The molecule has 3 N–H and O–H groups in total. The molecule has 1 aromatic heterocycles. The molecule has 36 heavy (non-hydrogen) atoms. The molecular weight excluding hydrogens is 455 g/mol. The predicted octanol–water partition coefficient (Wildman–Crippen LogP) is 5.35. The van der Waals surface area contributed by atoms with Gasteiger partial charge in [0.15, 0.2) is 5.78 Å². The van der Waals surface area contributed by atoms with Crippen molar-refractivity contribution in [2.24, 2.45) is 5.41 Å². The van der Waals surface area contributed by atoms with Crippen LogP contribution in [-0.2, 0) is 13.0 Å². The van der Waals surface area contributed by atoms with Crippen LogP contribution in [0.25, 0.3) is 16.9 Å². The largest absolute Gasteiger partial charge is 0.397 e. The van der Waals surface area contributed by atoms with Crippen molar-refractivity contribution < 1.29 is 14.0 Å². The Morgan fingerprint density at radius 3 is 2.47 bits per heavy atom. The Morgan fingerprint density at radius 1 is 1.06 bits per heavy atom. The number of ketones is 1. The number of nitrogens with zero attached hydrogens (tertiary/aromatic N) is 2. The molecule has 1 aliphatic rings. The highest BCUT2D eigenvalue weighted by molar-refractivity contribution is 6.04. The molecule has 4 aromatic rings. The Hall–Kier alpha value is -4.26. The molecule has 1 aliphatic carbocycles. The summed E-state index contributed by atoms with van der Waals surface area (Å²) in [6.45, 7) is 4.42. The quantitative estimate of drug-likeness (QED) is 0.376. The highest BCUT2D eigenvalue weighted by atomic mass is 19.1. The van der Waals surface area contributed by atoms with Crippen LogP contribution < -0.4 is 11.1 Å². The number of rotatable bonds is 5.